The zero-order valence-corrected chi connectivity index (χ0v) is 11.9. The van der Waals surface area contributed by atoms with E-state index in [-0.39, 0.29) is 4.96 Å². The van der Waals surface area contributed by atoms with Gasteiger partial charge in [-0.25, -0.2) is 0 Å². The molecule has 0 radical (unpaired) electrons. The first-order valence-corrected chi connectivity index (χ1v) is 6.75. The van der Waals surface area contributed by atoms with E-state index in [1.807, 2.05) is 19.9 Å². The number of fused-ring (bicyclic) bond motifs is 1. The zero-order valence-electron chi connectivity index (χ0n) is 11.1. The summed E-state index contributed by atoms with van der Waals surface area (Å²) in [4.78, 5) is 0.0795. The molecule has 0 fully saturated rings. The van der Waals surface area contributed by atoms with Crippen molar-refractivity contribution in [1.82, 2.24) is 19.8 Å². The minimum atomic E-state index is -4.60. The van der Waals surface area contributed by atoms with E-state index in [0.717, 1.165) is 22.5 Å². The fourth-order valence-corrected chi connectivity index (χ4v) is 2.93. The van der Waals surface area contributed by atoms with Crippen LogP contribution in [0.1, 0.15) is 17.0 Å². The van der Waals surface area contributed by atoms with Crippen LogP contribution in [0.3, 0.4) is 0 Å². The standard InChI is InChI=1S/C12H10F3N5S/c1-5-3-6(2)8(16)7(4-5)9-19-20-10(12(13,14)15)17-18-11(20)21-9/h3-4H,16H2,1-2H3. The average molecular weight is 313 g/mol. The molecule has 0 aliphatic rings. The molecule has 2 N–H and O–H groups in total. The van der Waals surface area contributed by atoms with Crippen LogP contribution in [0.15, 0.2) is 12.1 Å². The Morgan fingerprint density at radius 2 is 1.90 bits per heavy atom. The number of aryl methyl sites for hydroxylation is 2. The fourth-order valence-electron chi connectivity index (χ4n) is 2.06. The smallest absolute Gasteiger partial charge is 0.398 e. The van der Waals surface area contributed by atoms with Crippen molar-refractivity contribution in [3.63, 3.8) is 0 Å². The number of hydrogen-bond donors (Lipinski definition) is 1. The van der Waals surface area contributed by atoms with Crippen molar-refractivity contribution in [2.24, 2.45) is 0 Å². The van der Waals surface area contributed by atoms with Gasteiger partial charge in [0.15, 0.2) is 0 Å². The predicted octanol–water partition coefficient (Wildman–Crippen LogP) is 3.07. The van der Waals surface area contributed by atoms with Crippen molar-refractivity contribution in [3.05, 3.63) is 29.1 Å². The van der Waals surface area contributed by atoms with E-state index in [9.17, 15) is 13.2 Å². The number of benzene rings is 1. The molecule has 21 heavy (non-hydrogen) atoms. The molecule has 5 nitrogen and oxygen atoms in total. The first-order chi connectivity index (χ1) is 9.77. The molecule has 0 saturated carbocycles. The molecule has 0 saturated heterocycles. The number of nitrogens with zero attached hydrogens (tertiary/aromatic N) is 4. The summed E-state index contributed by atoms with van der Waals surface area (Å²) in [6.07, 6.45) is -4.60. The number of hydrogen-bond acceptors (Lipinski definition) is 5. The Morgan fingerprint density at radius 1 is 1.19 bits per heavy atom. The van der Waals surface area contributed by atoms with Gasteiger partial charge in [0.05, 0.1) is 0 Å². The van der Waals surface area contributed by atoms with E-state index in [2.05, 4.69) is 15.3 Å². The molecule has 3 rings (SSSR count). The normalized spacial score (nSPS) is 12.2. The number of halogens is 3. The monoisotopic (exact) mass is 313 g/mol. The first kappa shape index (κ1) is 13.8. The molecule has 3 aromatic rings. The van der Waals surface area contributed by atoms with Crippen LogP contribution in [0, 0.1) is 13.8 Å². The lowest BCUT2D eigenvalue weighted by atomic mass is 10.1. The summed E-state index contributed by atoms with van der Waals surface area (Å²) in [5.41, 5.74) is 8.91. The number of aromatic nitrogens is 4. The third-order valence-corrected chi connectivity index (χ3v) is 3.94. The highest BCUT2D eigenvalue weighted by Gasteiger charge is 2.38. The lowest BCUT2D eigenvalue weighted by Gasteiger charge is -2.07. The van der Waals surface area contributed by atoms with E-state index < -0.39 is 12.0 Å². The number of anilines is 1. The van der Waals surface area contributed by atoms with Crippen molar-refractivity contribution in [2.75, 3.05) is 5.73 Å². The minimum Gasteiger partial charge on any atom is -0.398 e. The summed E-state index contributed by atoms with van der Waals surface area (Å²) in [6, 6.07) is 3.70. The Labute approximate surface area is 121 Å². The van der Waals surface area contributed by atoms with Gasteiger partial charge in [-0.3, -0.25) is 0 Å². The van der Waals surface area contributed by atoms with Gasteiger partial charge in [0.25, 0.3) is 5.82 Å². The van der Waals surface area contributed by atoms with Crippen LogP contribution < -0.4 is 5.73 Å². The number of alkyl halides is 3. The molecular weight excluding hydrogens is 303 g/mol. The topological polar surface area (TPSA) is 69.1 Å². The van der Waals surface area contributed by atoms with Crippen LogP contribution >= 0.6 is 11.3 Å². The van der Waals surface area contributed by atoms with Crippen LogP contribution in [0.4, 0.5) is 18.9 Å². The van der Waals surface area contributed by atoms with Crippen LogP contribution in [0.5, 0.6) is 0 Å². The highest BCUT2D eigenvalue weighted by Crippen LogP contribution is 2.35. The summed E-state index contributed by atoms with van der Waals surface area (Å²) in [5, 5.41) is 11.0. The maximum absolute atomic E-state index is 12.8. The highest BCUT2D eigenvalue weighted by molar-refractivity contribution is 7.19. The molecule has 0 aliphatic carbocycles. The van der Waals surface area contributed by atoms with Crippen molar-refractivity contribution >= 4 is 22.0 Å². The third kappa shape index (κ3) is 2.23. The molecule has 0 bridgehead atoms. The van der Waals surface area contributed by atoms with E-state index in [0.29, 0.717) is 20.8 Å². The maximum Gasteiger partial charge on any atom is 0.453 e. The zero-order chi connectivity index (χ0) is 15.4. The van der Waals surface area contributed by atoms with Crippen LogP contribution in [0.25, 0.3) is 15.5 Å². The Morgan fingerprint density at radius 3 is 2.57 bits per heavy atom. The van der Waals surface area contributed by atoms with Gasteiger partial charge < -0.3 is 5.73 Å². The van der Waals surface area contributed by atoms with Crippen molar-refractivity contribution in [3.8, 4) is 10.6 Å². The van der Waals surface area contributed by atoms with Crippen LogP contribution in [0.2, 0.25) is 0 Å². The average Bonchev–Trinajstić information content (AvgIpc) is 2.91. The Balaban J connectivity index is 2.21. The molecule has 110 valence electrons. The van der Waals surface area contributed by atoms with Gasteiger partial charge in [0, 0.05) is 11.3 Å². The van der Waals surface area contributed by atoms with Gasteiger partial charge in [-0.15, -0.1) is 10.2 Å². The van der Waals surface area contributed by atoms with E-state index in [4.69, 9.17) is 5.73 Å². The molecule has 0 spiro atoms. The summed E-state index contributed by atoms with van der Waals surface area (Å²) in [5.74, 6) is -1.14. The van der Waals surface area contributed by atoms with E-state index in [1.54, 1.807) is 6.07 Å². The molecular formula is C12H10F3N5S. The SMILES string of the molecule is Cc1cc(C)c(N)c(-c2nn3c(C(F)(F)F)nnc3s2)c1. The number of nitrogen functional groups attached to an aromatic ring is 1. The van der Waals surface area contributed by atoms with Gasteiger partial charge in [-0.2, -0.15) is 22.8 Å². The fraction of sp³-hybridized carbons (Fsp3) is 0.250. The van der Waals surface area contributed by atoms with E-state index in [1.165, 1.54) is 0 Å². The maximum atomic E-state index is 12.8. The van der Waals surface area contributed by atoms with Crippen molar-refractivity contribution in [2.45, 2.75) is 20.0 Å². The summed E-state index contributed by atoms with van der Waals surface area (Å²) in [6.45, 7) is 3.73. The van der Waals surface area contributed by atoms with Crippen LogP contribution in [-0.4, -0.2) is 19.8 Å². The predicted molar refractivity (Wildman–Crippen MR) is 73.0 cm³/mol. The van der Waals surface area contributed by atoms with Gasteiger partial charge in [0.2, 0.25) is 4.96 Å². The third-order valence-electron chi connectivity index (χ3n) is 3.01. The molecule has 0 unspecified atom stereocenters. The largest absolute Gasteiger partial charge is 0.453 e. The second kappa shape index (κ2) is 4.42. The lowest BCUT2D eigenvalue weighted by molar-refractivity contribution is -0.146. The molecule has 0 atom stereocenters. The molecule has 2 aromatic heterocycles. The van der Waals surface area contributed by atoms with Gasteiger partial charge in [-0.05, 0) is 25.5 Å². The van der Waals surface area contributed by atoms with Crippen molar-refractivity contribution in [1.29, 1.82) is 0 Å². The quantitative estimate of drug-likeness (QED) is 0.701. The first-order valence-electron chi connectivity index (χ1n) is 5.94. The Hall–Kier alpha value is -2.16. The van der Waals surface area contributed by atoms with Crippen LogP contribution in [-0.2, 0) is 6.18 Å². The Bertz CT molecular complexity index is 833. The molecule has 1 aromatic carbocycles. The second-order valence-electron chi connectivity index (χ2n) is 4.67. The number of rotatable bonds is 1. The molecule has 0 aliphatic heterocycles. The van der Waals surface area contributed by atoms with Gasteiger partial charge in [-0.1, -0.05) is 23.0 Å². The molecule has 2 heterocycles. The lowest BCUT2D eigenvalue weighted by Crippen LogP contribution is -2.11. The number of nitrogens with two attached hydrogens (primary N) is 1. The minimum absolute atomic E-state index is 0.0795. The molecule has 0 amide bonds. The van der Waals surface area contributed by atoms with Gasteiger partial charge >= 0.3 is 6.18 Å². The molecule has 9 heteroatoms. The van der Waals surface area contributed by atoms with E-state index >= 15 is 0 Å². The van der Waals surface area contributed by atoms with Crippen molar-refractivity contribution < 1.29 is 13.2 Å². The van der Waals surface area contributed by atoms with Gasteiger partial charge in [0.1, 0.15) is 5.01 Å². The second-order valence-corrected chi connectivity index (χ2v) is 5.62. The highest BCUT2D eigenvalue weighted by atomic mass is 32.1. The summed E-state index contributed by atoms with van der Waals surface area (Å²) in [7, 11) is 0. The summed E-state index contributed by atoms with van der Waals surface area (Å²) >= 11 is 1.02. The summed E-state index contributed by atoms with van der Waals surface area (Å²) < 4.78 is 39.1. The Kier molecular flexibility index (Phi) is 2.90.